The highest BCUT2D eigenvalue weighted by Crippen LogP contribution is 2.33. The van der Waals surface area contributed by atoms with E-state index in [1.54, 1.807) is 11.0 Å². The summed E-state index contributed by atoms with van der Waals surface area (Å²) >= 11 is 8.12. The van der Waals surface area contributed by atoms with Crippen LogP contribution in [0.15, 0.2) is 14.3 Å². The van der Waals surface area contributed by atoms with Gasteiger partial charge in [0.25, 0.3) is 5.91 Å². The molecule has 1 saturated heterocycles. The molecule has 0 atom stereocenters. The van der Waals surface area contributed by atoms with Crippen molar-refractivity contribution in [3.8, 4) is 0 Å². The summed E-state index contributed by atoms with van der Waals surface area (Å²) in [5, 5.41) is 0. The number of rotatable bonds is 4. The van der Waals surface area contributed by atoms with E-state index in [9.17, 15) is 13.2 Å². The lowest BCUT2D eigenvalue weighted by molar-refractivity contribution is 0.0703. The normalized spacial score (nSPS) is 17.2. The lowest BCUT2D eigenvalue weighted by Gasteiger charge is -2.33. The van der Waals surface area contributed by atoms with Crippen LogP contribution in [0.5, 0.6) is 0 Å². The number of carbonyl (C=O) groups is 1. The molecule has 21 heavy (non-hydrogen) atoms. The molecule has 0 bridgehead atoms. The van der Waals surface area contributed by atoms with E-state index >= 15 is 0 Å². The number of hydrogen-bond acceptors (Lipinski definition) is 4. The molecule has 0 radical (unpaired) electrons. The van der Waals surface area contributed by atoms with Gasteiger partial charge in [0.2, 0.25) is 10.0 Å². The minimum atomic E-state index is -3.17. The Morgan fingerprint density at radius 1 is 1.29 bits per heavy atom. The summed E-state index contributed by atoms with van der Waals surface area (Å²) in [7, 11) is -3.17. The van der Waals surface area contributed by atoms with Gasteiger partial charge in [-0.25, -0.2) is 8.42 Å². The van der Waals surface area contributed by atoms with Gasteiger partial charge >= 0.3 is 0 Å². The van der Waals surface area contributed by atoms with Crippen molar-refractivity contribution < 1.29 is 13.2 Å². The van der Waals surface area contributed by atoms with Crippen LogP contribution in [0.25, 0.3) is 0 Å². The number of hydrogen-bond donors (Lipinski definition) is 0. The number of halogens is 2. The molecule has 1 aliphatic rings. The molecule has 1 aliphatic heterocycles. The summed E-state index contributed by atoms with van der Waals surface area (Å²) in [4.78, 5) is 14.7. The van der Waals surface area contributed by atoms with Gasteiger partial charge in [-0.3, -0.25) is 4.79 Å². The molecule has 1 aromatic heterocycles. The van der Waals surface area contributed by atoms with Gasteiger partial charge in [0.15, 0.2) is 0 Å². The molecule has 2 heterocycles. The molecule has 0 spiro atoms. The summed E-state index contributed by atoms with van der Waals surface area (Å²) in [6, 6.07) is 1.79. The topological polar surface area (TPSA) is 57.7 Å². The van der Waals surface area contributed by atoms with E-state index in [1.807, 2.05) is 6.92 Å². The molecular weight excluding hydrogens is 444 g/mol. The minimum absolute atomic E-state index is 0.0426. The van der Waals surface area contributed by atoms with Crippen molar-refractivity contribution in [1.82, 2.24) is 9.21 Å². The highest BCUT2D eigenvalue weighted by atomic mass is 79.9. The van der Waals surface area contributed by atoms with E-state index < -0.39 is 10.0 Å². The zero-order chi connectivity index (χ0) is 15.6. The summed E-state index contributed by atoms with van der Waals surface area (Å²) < 4.78 is 27.2. The van der Waals surface area contributed by atoms with Crippen molar-refractivity contribution >= 4 is 59.1 Å². The third kappa shape index (κ3) is 4.07. The fourth-order valence-electron chi connectivity index (χ4n) is 2.16. The van der Waals surface area contributed by atoms with E-state index in [1.165, 1.54) is 15.6 Å². The maximum atomic E-state index is 12.4. The van der Waals surface area contributed by atoms with E-state index in [2.05, 4.69) is 31.9 Å². The Bertz CT molecular complexity index is 603. The van der Waals surface area contributed by atoms with E-state index in [0.29, 0.717) is 37.5 Å². The van der Waals surface area contributed by atoms with E-state index in [4.69, 9.17) is 0 Å². The number of amides is 1. The van der Waals surface area contributed by atoms with Crippen LogP contribution in [-0.4, -0.2) is 55.5 Å². The molecule has 9 heteroatoms. The van der Waals surface area contributed by atoms with Crippen LogP contribution in [0, 0.1) is 0 Å². The third-order valence-electron chi connectivity index (χ3n) is 3.24. The van der Waals surface area contributed by atoms with Crippen LogP contribution in [0.4, 0.5) is 0 Å². The van der Waals surface area contributed by atoms with Crippen LogP contribution >= 0.6 is 43.2 Å². The Kier molecular flexibility index (Phi) is 5.86. The predicted molar refractivity (Wildman–Crippen MR) is 91.3 cm³/mol. The third-order valence-corrected chi connectivity index (χ3v) is 8.56. The van der Waals surface area contributed by atoms with Gasteiger partial charge in [0.05, 0.1) is 14.4 Å². The highest BCUT2D eigenvalue weighted by Gasteiger charge is 2.29. The van der Waals surface area contributed by atoms with Crippen molar-refractivity contribution in [3.05, 3.63) is 19.2 Å². The molecule has 0 aromatic carbocycles. The molecule has 5 nitrogen and oxygen atoms in total. The Morgan fingerprint density at radius 3 is 2.38 bits per heavy atom. The molecule has 1 fully saturated rings. The van der Waals surface area contributed by atoms with Crippen LogP contribution in [-0.2, 0) is 10.0 Å². The maximum Gasteiger partial charge on any atom is 0.264 e. The van der Waals surface area contributed by atoms with E-state index in [-0.39, 0.29) is 11.7 Å². The Morgan fingerprint density at radius 2 is 1.90 bits per heavy atom. The maximum absolute atomic E-state index is 12.4. The van der Waals surface area contributed by atoms with E-state index in [0.717, 1.165) is 8.26 Å². The fraction of sp³-hybridized carbons (Fsp3) is 0.583. The molecule has 0 N–H and O–H groups in total. The van der Waals surface area contributed by atoms with Crippen molar-refractivity contribution in [1.29, 1.82) is 0 Å². The summed E-state index contributed by atoms with van der Waals surface area (Å²) in [5.74, 6) is 0.130. The first kappa shape index (κ1) is 17.4. The zero-order valence-corrected chi connectivity index (χ0v) is 16.3. The summed E-state index contributed by atoms with van der Waals surface area (Å²) in [5.41, 5.74) is 0. The molecule has 118 valence electrons. The van der Waals surface area contributed by atoms with Crippen molar-refractivity contribution in [2.24, 2.45) is 0 Å². The number of carbonyl (C=O) groups excluding carboxylic acids is 1. The van der Waals surface area contributed by atoms with Crippen molar-refractivity contribution in [2.75, 3.05) is 31.9 Å². The van der Waals surface area contributed by atoms with Crippen LogP contribution in [0.1, 0.15) is 23.0 Å². The highest BCUT2D eigenvalue weighted by molar-refractivity contribution is 9.13. The Labute approximate surface area is 145 Å². The second-order valence-corrected chi connectivity index (χ2v) is 10.1. The van der Waals surface area contributed by atoms with Crippen LogP contribution in [0.2, 0.25) is 0 Å². The first-order valence-corrected chi connectivity index (χ1v) is 10.6. The average Bonchev–Trinajstić information content (AvgIpc) is 2.78. The largest absolute Gasteiger partial charge is 0.335 e. The predicted octanol–water partition coefficient (Wildman–Crippen LogP) is 2.77. The summed E-state index contributed by atoms with van der Waals surface area (Å²) in [6.45, 7) is 3.48. The monoisotopic (exact) mass is 458 g/mol. The molecule has 1 aromatic rings. The van der Waals surface area contributed by atoms with Gasteiger partial charge in [0.1, 0.15) is 0 Å². The van der Waals surface area contributed by atoms with Gasteiger partial charge in [-0.15, -0.1) is 11.3 Å². The molecule has 1 amide bonds. The standard InChI is InChI=1S/C12H16Br2N2O3S2/c1-2-7-21(18,19)16-5-3-15(4-6-16)12(17)10-8-9(13)11(14)20-10/h8H,2-7H2,1H3. The molecular formula is C12H16Br2N2O3S2. The van der Waals surface area contributed by atoms with Crippen molar-refractivity contribution in [2.45, 2.75) is 13.3 Å². The lowest BCUT2D eigenvalue weighted by Crippen LogP contribution is -2.50. The van der Waals surface area contributed by atoms with Crippen molar-refractivity contribution in [3.63, 3.8) is 0 Å². The van der Waals surface area contributed by atoms with Gasteiger partial charge in [-0.2, -0.15) is 4.31 Å². The van der Waals surface area contributed by atoms with Gasteiger partial charge in [-0.05, 0) is 44.3 Å². The van der Waals surface area contributed by atoms with Crippen LogP contribution in [0.3, 0.4) is 0 Å². The number of sulfonamides is 1. The number of nitrogens with zero attached hydrogens (tertiary/aromatic N) is 2. The second kappa shape index (κ2) is 7.08. The van der Waals surface area contributed by atoms with Gasteiger partial charge in [0, 0.05) is 30.7 Å². The molecule has 0 unspecified atom stereocenters. The Balaban J connectivity index is 1.99. The number of thiophene rings is 1. The first-order chi connectivity index (χ1) is 9.85. The first-order valence-electron chi connectivity index (χ1n) is 6.57. The van der Waals surface area contributed by atoms with Gasteiger partial charge in [-0.1, -0.05) is 6.92 Å². The zero-order valence-electron chi connectivity index (χ0n) is 11.5. The van der Waals surface area contributed by atoms with Gasteiger partial charge < -0.3 is 4.90 Å². The number of piperazine rings is 1. The molecule has 0 aliphatic carbocycles. The average molecular weight is 460 g/mol. The quantitative estimate of drug-likeness (QED) is 0.695. The fourth-order valence-corrected chi connectivity index (χ4v) is 5.66. The second-order valence-electron chi connectivity index (χ2n) is 4.74. The summed E-state index contributed by atoms with van der Waals surface area (Å²) in [6.07, 6.45) is 0.610. The molecule has 2 rings (SSSR count). The smallest absolute Gasteiger partial charge is 0.264 e. The van der Waals surface area contributed by atoms with Crippen LogP contribution < -0.4 is 0 Å². The SMILES string of the molecule is CCCS(=O)(=O)N1CCN(C(=O)c2cc(Br)c(Br)s2)CC1. The molecule has 0 saturated carbocycles. The Hall–Kier alpha value is 0.0400. The lowest BCUT2D eigenvalue weighted by atomic mass is 10.3. The minimum Gasteiger partial charge on any atom is -0.335 e.